The van der Waals surface area contributed by atoms with Crippen LogP contribution in [0.1, 0.15) is 29.6 Å². The van der Waals surface area contributed by atoms with Crippen molar-refractivity contribution in [3.05, 3.63) is 33.8 Å². The molecule has 1 amide bonds. The number of benzene rings is 1. The Balaban J connectivity index is 2.20. The summed E-state index contributed by atoms with van der Waals surface area (Å²) in [4.78, 5) is 14.5. The van der Waals surface area contributed by atoms with Crippen LogP contribution < -0.4 is 5.32 Å². The predicted octanol–water partition coefficient (Wildman–Crippen LogP) is 3.21. The van der Waals surface area contributed by atoms with E-state index in [0.717, 1.165) is 25.9 Å². The first-order chi connectivity index (χ1) is 9.11. The monoisotopic (exact) mass is 300 g/mol. The summed E-state index contributed by atoms with van der Waals surface area (Å²) in [5.41, 5.74) is 0.570. The van der Waals surface area contributed by atoms with Crippen molar-refractivity contribution in [2.45, 2.75) is 25.3 Å². The Hall–Kier alpha value is -0.770. The van der Waals surface area contributed by atoms with Gasteiger partial charge in [0, 0.05) is 34.7 Å². The summed E-state index contributed by atoms with van der Waals surface area (Å²) in [6.07, 6.45) is 3.27. The molecule has 1 aromatic rings. The molecular formula is C14H18Cl2N2O. The van der Waals surface area contributed by atoms with E-state index in [1.807, 2.05) is 11.9 Å². The van der Waals surface area contributed by atoms with E-state index in [0.29, 0.717) is 15.6 Å². The number of carbonyl (C=O) groups excluding carboxylic acids is 1. The van der Waals surface area contributed by atoms with Gasteiger partial charge in [-0.15, -0.1) is 0 Å². The second-order valence-corrected chi connectivity index (χ2v) is 5.74. The van der Waals surface area contributed by atoms with Gasteiger partial charge in [-0.3, -0.25) is 4.79 Å². The van der Waals surface area contributed by atoms with E-state index in [4.69, 9.17) is 23.2 Å². The molecule has 1 atom stereocenters. The number of hydrogen-bond donors (Lipinski definition) is 1. The molecule has 2 rings (SSSR count). The molecule has 1 aliphatic heterocycles. The smallest absolute Gasteiger partial charge is 0.254 e. The lowest BCUT2D eigenvalue weighted by atomic mass is 10.0. The highest BCUT2D eigenvalue weighted by Gasteiger charge is 2.27. The van der Waals surface area contributed by atoms with Gasteiger partial charge in [-0.2, -0.15) is 0 Å². The van der Waals surface area contributed by atoms with Crippen LogP contribution in [0.15, 0.2) is 18.2 Å². The summed E-state index contributed by atoms with van der Waals surface area (Å²) in [6, 6.07) is 5.26. The van der Waals surface area contributed by atoms with Crippen LogP contribution >= 0.6 is 23.2 Å². The summed E-state index contributed by atoms with van der Waals surface area (Å²) in [6.45, 7) is 1.62. The van der Waals surface area contributed by atoms with Gasteiger partial charge in [0.2, 0.25) is 0 Å². The van der Waals surface area contributed by atoms with Crippen LogP contribution in [0.2, 0.25) is 10.0 Å². The second-order valence-electron chi connectivity index (χ2n) is 4.86. The molecule has 1 saturated heterocycles. The van der Waals surface area contributed by atoms with Crippen LogP contribution in [0.5, 0.6) is 0 Å². The quantitative estimate of drug-likeness (QED) is 0.930. The van der Waals surface area contributed by atoms with E-state index >= 15 is 0 Å². The normalized spacial score (nSPS) is 19.5. The number of likely N-dealkylation sites (tertiary alicyclic amines) is 1. The molecule has 0 spiro atoms. The Kier molecular flexibility index (Phi) is 5.08. The van der Waals surface area contributed by atoms with Crippen LogP contribution in [0.25, 0.3) is 0 Å². The number of rotatable bonds is 3. The molecule has 19 heavy (non-hydrogen) atoms. The molecule has 0 radical (unpaired) electrons. The van der Waals surface area contributed by atoms with E-state index < -0.39 is 0 Å². The third-order valence-electron chi connectivity index (χ3n) is 3.44. The number of halogens is 2. The number of nitrogens with zero attached hydrogens (tertiary/aromatic N) is 1. The SMILES string of the molecule is CNCC1CCCCN1C(=O)c1cc(Cl)cc(Cl)c1. The zero-order valence-corrected chi connectivity index (χ0v) is 12.5. The molecule has 1 unspecified atom stereocenters. The van der Waals surface area contributed by atoms with E-state index in [1.165, 1.54) is 6.42 Å². The van der Waals surface area contributed by atoms with Gasteiger partial charge in [0.05, 0.1) is 0 Å². The van der Waals surface area contributed by atoms with Gasteiger partial charge in [-0.1, -0.05) is 23.2 Å². The minimum absolute atomic E-state index is 0.0179. The van der Waals surface area contributed by atoms with Crippen LogP contribution in [-0.4, -0.2) is 37.0 Å². The molecular weight excluding hydrogens is 283 g/mol. The van der Waals surface area contributed by atoms with Crippen molar-refractivity contribution in [3.63, 3.8) is 0 Å². The number of nitrogens with one attached hydrogen (secondary N) is 1. The Morgan fingerprint density at radius 1 is 1.32 bits per heavy atom. The highest BCUT2D eigenvalue weighted by atomic mass is 35.5. The Morgan fingerprint density at radius 2 is 2.00 bits per heavy atom. The Bertz CT molecular complexity index is 443. The molecule has 1 heterocycles. The van der Waals surface area contributed by atoms with Crippen molar-refractivity contribution in [1.29, 1.82) is 0 Å². The highest BCUT2D eigenvalue weighted by molar-refractivity contribution is 6.35. The summed E-state index contributed by atoms with van der Waals surface area (Å²) in [5.74, 6) is 0.0179. The van der Waals surface area contributed by atoms with E-state index in [1.54, 1.807) is 18.2 Å². The second kappa shape index (κ2) is 6.60. The van der Waals surface area contributed by atoms with E-state index in [2.05, 4.69) is 5.32 Å². The third kappa shape index (κ3) is 3.62. The zero-order chi connectivity index (χ0) is 13.8. The van der Waals surface area contributed by atoms with Gasteiger partial charge in [-0.05, 0) is 44.5 Å². The Morgan fingerprint density at radius 3 is 2.63 bits per heavy atom. The summed E-state index contributed by atoms with van der Waals surface area (Å²) >= 11 is 11.9. The van der Waals surface area contributed by atoms with Gasteiger partial charge in [0.15, 0.2) is 0 Å². The van der Waals surface area contributed by atoms with Crippen molar-refractivity contribution in [1.82, 2.24) is 10.2 Å². The largest absolute Gasteiger partial charge is 0.334 e. The lowest BCUT2D eigenvalue weighted by Gasteiger charge is -2.35. The van der Waals surface area contributed by atoms with E-state index in [-0.39, 0.29) is 11.9 Å². The topological polar surface area (TPSA) is 32.3 Å². The molecule has 0 aromatic heterocycles. The molecule has 104 valence electrons. The van der Waals surface area contributed by atoms with Crippen LogP contribution in [0.4, 0.5) is 0 Å². The number of likely N-dealkylation sites (N-methyl/N-ethyl adjacent to an activating group) is 1. The minimum atomic E-state index is 0.0179. The average Bonchev–Trinajstić information content (AvgIpc) is 2.38. The number of piperidine rings is 1. The molecule has 0 bridgehead atoms. The van der Waals surface area contributed by atoms with E-state index in [9.17, 15) is 4.79 Å². The van der Waals surface area contributed by atoms with Gasteiger partial charge >= 0.3 is 0 Å². The fourth-order valence-corrected chi connectivity index (χ4v) is 3.08. The van der Waals surface area contributed by atoms with Crippen LogP contribution in [0, 0.1) is 0 Å². The number of hydrogen-bond acceptors (Lipinski definition) is 2. The first kappa shape index (κ1) is 14.6. The number of amides is 1. The maximum Gasteiger partial charge on any atom is 0.254 e. The van der Waals surface area contributed by atoms with Gasteiger partial charge in [0.25, 0.3) is 5.91 Å². The highest BCUT2D eigenvalue weighted by Crippen LogP contribution is 2.23. The summed E-state index contributed by atoms with van der Waals surface area (Å²) < 4.78 is 0. The average molecular weight is 301 g/mol. The van der Waals surface area contributed by atoms with Gasteiger partial charge < -0.3 is 10.2 Å². The number of carbonyl (C=O) groups is 1. The maximum atomic E-state index is 12.6. The lowest BCUT2D eigenvalue weighted by molar-refractivity contribution is 0.0615. The molecule has 0 saturated carbocycles. The van der Waals surface area contributed by atoms with Gasteiger partial charge in [0.1, 0.15) is 0 Å². The standard InChI is InChI=1S/C14H18Cl2N2O/c1-17-9-13-4-2-3-5-18(13)14(19)10-6-11(15)8-12(16)7-10/h6-8,13,17H,2-5,9H2,1H3. The third-order valence-corrected chi connectivity index (χ3v) is 3.87. The van der Waals surface area contributed by atoms with Gasteiger partial charge in [-0.25, -0.2) is 0 Å². The fraction of sp³-hybridized carbons (Fsp3) is 0.500. The Labute approximate surface area is 123 Å². The minimum Gasteiger partial charge on any atom is -0.334 e. The first-order valence-electron chi connectivity index (χ1n) is 6.53. The maximum absolute atomic E-state index is 12.6. The first-order valence-corrected chi connectivity index (χ1v) is 7.29. The molecule has 0 aliphatic carbocycles. The summed E-state index contributed by atoms with van der Waals surface area (Å²) in [5, 5.41) is 4.15. The van der Waals surface area contributed by atoms with Crippen molar-refractivity contribution in [2.24, 2.45) is 0 Å². The van der Waals surface area contributed by atoms with Crippen molar-refractivity contribution >= 4 is 29.1 Å². The molecule has 3 nitrogen and oxygen atoms in total. The molecule has 5 heteroatoms. The molecule has 1 aliphatic rings. The molecule has 1 N–H and O–H groups in total. The zero-order valence-electron chi connectivity index (χ0n) is 11.0. The van der Waals surface area contributed by atoms with Crippen LogP contribution in [0.3, 0.4) is 0 Å². The van der Waals surface area contributed by atoms with Crippen molar-refractivity contribution in [2.75, 3.05) is 20.1 Å². The van der Waals surface area contributed by atoms with Crippen LogP contribution in [-0.2, 0) is 0 Å². The lowest BCUT2D eigenvalue weighted by Crippen LogP contribution is -2.48. The summed E-state index contributed by atoms with van der Waals surface area (Å²) in [7, 11) is 1.91. The van der Waals surface area contributed by atoms with Crippen molar-refractivity contribution in [3.8, 4) is 0 Å². The van der Waals surface area contributed by atoms with Crippen molar-refractivity contribution < 1.29 is 4.79 Å². The predicted molar refractivity (Wildman–Crippen MR) is 79.1 cm³/mol. The molecule has 1 fully saturated rings. The molecule has 1 aromatic carbocycles. The fourth-order valence-electron chi connectivity index (χ4n) is 2.56.